The number of amides is 4. The first-order valence-corrected chi connectivity index (χ1v) is 9.30. The highest BCUT2D eigenvalue weighted by Crippen LogP contribution is 2.36. The van der Waals surface area contributed by atoms with Crippen molar-refractivity contribution in [3.8, 4) is 0 Å². The molecule has 1 N–H and O–H groups in total. The summed E-state index contributed by atoms with van der Waals surface area (Å²) in [4.78, 5) is 39.7. The Balaban J connectivity index is 1.44. The Morgan fingerprint density at radius 2 is 1.88 bits per heavy atom. The lowest BCUT2D eigenvalue weighted by atomic mass is 9.75. The fourth-order valence-electron chi connectivity index (χ4n) is 4.39. The number of hydrogen-bond acceptors (Lipinski definition) is 3. The molecule has 2 saturated heterocycles. The molecule has 2 aliphatic heterocycles. The normalized spacial score (nSPS) is 29.4. The summed E-state index contributed by atoms with van der Waals surface area (Å²) in [7, 11) is 0. The molecule has 0 aromatic carbocycles. The van der Waals surface area contributed by atoms with Crippen LogP contribution in [-0.4, -0.2) is 52.8 Å². The van der Waals surface area contributed by atoms with E-state index in [9.17, 15) is 14.4 Å². The van der Waals surface area contributed by atoms with Crippen LogP contribution in [0.1, 0.15) is 58.8 Å². The minimum atomic E-state index is -0.829. The van der Waals surface area contributed by atoms with Crippen LogP contribution < -0.4 is 5.32 Å². The van der Waals surface area contributed by atoms with Gasteiger partial charge in [-0.3, -0.25) is 14.5 Å². The molecule has 6 nitrogen and oxygen atoms in total. The summed E-state index contributed by atoms with van der Waals surface area (Å²) in [6, 6.07) is -0.347. The number of carbonyl (C=O) groups is 3. The Morgan fingerprint density at radius 1 is 1.17 bits per heavy atom. The van der Waals surface area contributed by atoms with Gasteiger partial charge in [0.2, 0.25) is 5.91 Å². The van der Waals surface area contributed by atoms with E-state index in [0.717, 1.165) is 25.4 Å². The number of imide groups is 1. The lowest BCUT2D eigenvalue weighted by Gasteiger charge is -2.41. The number of carbonyl (C=O) groups excluding carboxylic acids is 3. The zero-order valence-corrected chi connectivity index (χ0v) is 14.8. The molecule has 0 spiro atoms. The zero-order valence-electron chi connectivity index (χ0n) is 14.8. The standard InChI is InChI=1S/C18H29N3O3/c1-18(2)16(23)21(17(24)19-18)10-5-8-15(22)20-11-9-13-6-3-4-7-14(13)12-20/h13-14H,3-12H2,1-2H3,(H,19,24). The van der Waals surface area contributed by atoms with Crippen LogP contribution >= 0.6 is 0 Å². The highest BCUT2D eigenvalue weighted by atomic mass is 16.2. The zero-order chi connectivity index (χ0) is 17.3. The molecule has 0 aromatic rings. The van der Waals surface area contributed by atoms with E-state index in [0.29, 0.717) is 25.3 Å². The topological polar surface area (TPSA) is 69.7 Å². The molecule has 0 aromatic heterocycles. The first-order valence-electron chi connectivity index (χ1n) is 9.30. The van der Waals surface area contributed by atoms with Gasteiger partial charge in [-0.15, -0.1) is 0 Å². The molecule has 6 heteroatoms. The molecule has 3 rings (SSSR count). The second kappa shape index (κ2) is 6.73. The number of hydrogen-bond donors (Lipinski definition) is 1. The van der Waals surface area contributed by atoms with Crippen molar-refractivity contribution < 1.29 is 14.4 Å². The highest BCUT2D eigenvalue weighted by Gasteiger charge is 2.43. The van der Waals surface area contributed by atoms with Crippen molar-refractivity contribution in [2.45, 2.75) is 64.3 Å². The number of likely N-dealkylation sites (tertiary alicyclic amines) is 1. The van der Waals surface area contributed by atoms with Crippen LogP contribution in [0, 0.1) is 11.8 Å². The van der Waals surface area contributed by atoms with Crippen LogP contribution in [0.4, 0.5) is 4.79 Å². The smallest absolute Gasteiger partial charge is 0.325 e. The Kier molecular flexibility index (Phi) is 4.83. The van der Waals surface area contributed by atoms with Crippen LogP contribution in [0.15, 0.2) is 0 Å². The van der Waals surface area contributed by atoms with Crippen LogP contribution in [0.3, 0.4) is 0 Å². The van der Waals surface area contributed by atoms with Crippen molar-refractivity contribution in [1.29, 1.82) is 0 Å². The van der Waals surface area contributed by atoms with E-state index < -0.39 is 5.54 Å². The first-order chi connectivity index (χ1) is 11.4. The Morgan fingerprint density at radius 3 is 2.54 bits per heavy atom. The molecule has 0 bridgehead atoms. The molecule has 2 atom stereocenters. The monoisotopic (exact) mass is 335 g/mol. The van der Waals surface area contributed by atoms with E-state index >= 15 is 0 Å². The van der Waals surface area contributed by atoms with Gasteiger partial charge in [0, 0.05) is 26.1 Å². The van der Waals surface area contributed by atoms with Gasteiger partial charge in [-0.25, -0.2) is 4.79 Å². The summed E-state index contributed by atoms with van der Waals surface area (Å²) in [5.74, 6) is 1.47. The minimum absolute atomic E-state index is 0.172. The maximum Gasteiger partial charge on any atom is 0.325 e. The summed E-state index contributed by atoms with van der Waals surface area (Å²) in [6.07, 6.45) is 7.31. The van der Waals surface area contributed by atoms with Gasteiger partial charge in [-0.1, -0.05) is 19.3 Å². The Bertz CT molecular complexity index is 532. The molecule has 1 aliphatic carbocycles. The predicted molar refractivity (Wildman–Crippen MR) is 90.2 cm³/mol. The van der Waals surface area contributed by atoms with Gasteiger partial charge in [0.25, 0.3) is 5.91 Å². The maximum atomic E-state index is 12.5. The van der Waals surface area contributed by atoms with Crippen LogP contribution in [0.25, 0.3) is 0 Å². The highest BCUT2D eigenvalue weighted by molar-refractivity contribution is 6.06. The minimum Gasteiger partial charge on any atom is -0.342 e. The molecule has 2 unspecified atom stereocenters. The quantitative estimate of drug-likeness (QED) is 0.800. The molecule has 134 valence electrons. The molecule has 3 aliphatic rings. The average Bonchev–Trinajstić information content (AvgIpc) is 2.75. The molecular formula is C18H29N3O3. The number of rotatable bonds is 4. The van der Waals surface area contributed by atoms with E-state index in [1.807, 2.05) is 4.90 Å². The number of nitrogens with zero attached hydrogens (tertiary/aromatic N) is 2. The summed E-state index contributed by atoms with van der Waals surface area (Å²) >= 11 is 0. The van der Waals surface area contributed by atoms with Gasteiger partial charge in [-0.05, 0) is 44.9 Å². The molecule has 24 heavy (non-hydrogen) atoms. The van der Waals surface area contributed by atoms with Crippen molar-refractivity contribution >= 4 is 17.8 Å². The SMILES string of the molecule is CC1(C)NC(=O)N(CCCC(=O)N2CCC3CCCCC3C2)C1=O. The second-order valence-corrected chi connectivity index (χ2v) is 8.05. The van der Waals surface area contributed by atoms with Crippen molar-refractivity contribution in [2.75, 3.05) is 19.6 Å². The van der Waals surface area contributed by atoms with Crippen molar-refractivity contribution in [1.82, 2.24) is 15.1 Å². The summed E-state index contributed by atoms with van der Waals surface area (Å²) in [6.45, 7) is 5.50. The largest absolute Gasteiger partial charge is 0.342 e. The maximum absolute atomic E-state index is 12.5. The molecular weight excluding hydrogens is 306 g/mol. The van der Waals surface area contributed by atoms with Crippen molar-refractivity contribution in [2.24, 2.45) is 11.8 Å². The van der Waals surface area contributed by atoms with E-state index in [2.05, 4.69) is 5.32 Å². The third-order valence-electron chi connectivity index (χ3n) is 5.86. The van der Waals surface area contributed by atoms with Crippen molar-refractivity contribution in [3.05, 3.63) is 0 Å². The fraction of sp³-hybridized carbons (Fsp3) is 0.833. The van der Waals surface area contributed by atoms with Gasteiger partial charge < -0.3 is 10.2 Å². The lowest BCUT2D eigenvalue weighted by Crippen LogP contribution is -2.45. The van der Waals surface area contributed by atoms with Crippen molar-refractivity contribution in [3.63, 3.8) is 0 Å². The van der Waals surface area contributed by atoms with Gasteiger partial charge >= 0.3 is 6.03 Å². The third-order valence-corrected chi connectivity index (χ3v) is 5.86. The van der Waals surface area contributed by atoms with Gasteiger partial charge in [0.15, 0.2) is 0 Å². The van der Waals surface area contributed by atoms with Crippen LogP contribution in [0.2, 0.25) is 0 Å². The molecule has 0 radical (unpaired) electrons. The summed E-state index contributed by atoms with van der Waals surface area (Å²) in [5.41, 5.74) is -0.829. The molecule has 1 saturated carbocycles. The van der Waals surface area contributed by atoms with E-state index in [-0.39, 0.29) is 17.8 Å². The second-order valence-electron chi connectivity index (χ2n) is 8.05. The Hall–Kier alpha value is -1.59. The van der Waals surface area contributed by atoms with E-state index in [1.54, 1.807) is 13.8 Å². The number of fused-ring (bicyclic) bond motifs is 1. The summed E-state index contributed by atoms with van der Waals surface area (Å²) in [5, 5.41) is 2.67. The predicted octanol–water partition coefficient (Wildman–Crippen LogP) is 2.14. The number of piperidine rings is 1. The third kappa shape index (κ3) is 3.42. The van der Waals surface area contributed by atoms with Crippen LogP contribution in [0.5, 0.6) is 0 Å². The fourth-order valence-corrected chi connectivity index (χ4v) is 4.39. The average molecular weight is 335 g/mol. The number of nitrogens with one attached hydrogen (secondary N) is 1. The molecule has 4 amide bonds. The van der Waals surface area contributed by atoms with Gasteiger partial charge in [-0.2, -0.15) is 0 Å². The molecule has 3 fully saturated rings. The first kappa shape index (κ1) is 17.2. The van der Waals surface area contributed by atoms with Gasteiger partial charge in [0.1, 0.15) is 5.54 Å². The Labute approximate surface area is 143 Å². The number of urea groups is 1. The van der Waals surface area contributed by atoms with Crippen LogP contribution in [-0.2, 0) is 9.59 Å². The molecule has 2 heterocycles. The van der Waals surface area contributed by atoms with E-state index in [4.69, 9.17) is 0 Å². The lowest BCUT2D eigenvalue weighted by molar-refractivity contribution is -0.135. The summed E-state index contributed by atoms with van der Waals surface area (Å²) < 4.78 is 0. The van der Waals surface area contributed by atoms with Gasteiger partial charge in [0.05, 0.1) is 0 Å². The van der Waals surface area contributed by atoms with E-state index in [1.165, 1.54) is 30.6 Å².